The van der Waals surface area contributed by atoms with Crippen molar-refractivity contribution in [2.45, 2.75) is 32.3 Å². The summed E-state index contributed by atoms with van der Waals surface area (Å²) in [6, 6.07) is 5.58. The van der Waals surface area contributed by atoms with Gasteiger partial charge in [-0.2, -0.15) is 4.99 Å². The molecule has 3 aliphatic rings. The lowest BCUT2D eigenvalue weighted by Gasteiger charge is -2.29. The van der Waals surface area contributed by atoms with Crippen LogP contribution in [0.4, 0.5) is 10.5 Å². The van der Waals surface area contributed by atoms with Crippen LogP contribution in [0.1, 0.15) is 31.7 Å². The number of anilines is 1. The number of hydrogen-bond acceptors (Lipinski definition) is 7. The molecule has 33 heavy (non-hydrogen) atoms. The molecule has 9 heteroatoms. The molecule has 9 nitrogen and oxygen atoms in total. The Hall–Kier alpha value is -3.01. The molecule has 0 spiro atoms. The third-order valence-corrected chi connectivity index (χ3v) is 6.23. The predicted octanol–water partition coefficient (Wildman–Crippen LogP) is 3.42. The molecule has 2 N–H and O–H groups in total. The lowest BCUT2D eigenvalue weighted by Crippen LogP contribution is -2.43. The van der Waals surface area contributed by atoms with E-state index in [9.17, 15) is 4.79 Å². The van der Waals surface area contributed by atoms with Crippen LogP contribution in [0.5, 0.6) is 5.75 Å². The number of allylic oxidation sites excluding steroid dienone is 2. The first kappa shape index (κ1) is 23.2. The highest BCUT2D eigenvalue weighted by molar-refractivity contribution is 6.01. The van der Waals surface area contributed by atoms with Gasteiger partial charge in [-0.3, -0.25) is 10.3 Å². The van der Waals surface area contributed by atoms with Gasteiger partial charge < -0.3 is 19.3 Å². The molecule has 0 bridgehead atoms. The fraction of sp³-hybridized carbons (Fsp3) is 0.458. The highest BCUT2D eigenvalue weighted by atomic mass is 16.6. The van der Waals surface area contributed by atoms with Crippen molar-refractivity contribution >= 4 is 23.8 Å². The minimum Gasteiger partial charge on any atom is -0.495 e. The molecule has 3 heterocycles. The van der Waals surface area contributed by atoms with E-state index in [0.717, 1.165) is 48.8 Å². The number of carbonyl (C=O) groups is 1. The Morgan fingerprint density at radius 3 is 2.88 bits per heavy atom. The van der Waals surface area contributed by atoms with Crippen LogP contribution in [0.3, 0.4) is 0 Å². The zero-order chi connectivity index (χ0) is 23.4. The standard InChI is InChI=1S/C24H30N4O5/c1-16(6-11-29)33-24(30)26-19-5-4-18(14-21(19)31-3)23-27-22(17-7-12-32-13-8-17)20-15-25-9-10-28(20,23)2/h4-5,9-10,14-17,29H,6-8,11-13H2,1-3H3/p+1/t16-,28?/m0/s1. The number of benzene rings is 1. The van der Waals surface area contributed by atoms with Crippen molar-refractivity contribution in [1.82, 2.24) is 0 Å². The second kappa shape index (κ2) is 9.86. The van der Waals surface area contributed by atoms with Gasteiger partial charge in [0.25, 0.3) is 0 Å². The van der Waals surface area contributed by atoms with Crippen molar-refractivity contribution in [2.75, 3.05) is 39.3 Å². The molecule has 4 rings (SSSR count). The molecule has 176 valence electrons. The normalized spacial score (nSPS) is 23.2. The molecule has 1 amide bonds. The largest absolute Gasteiger partial charge is 0.495 e. The van der Waals surface area contributed by atoms with Crippen molar-refractivity contribution in [3.63, 3.8) is 0 Å². The van der Waals surface area contributed by atoms with E-state index in [2.05, 4.69) is 17.4 Å². The second-order valence-electron chi connectivity index (χ2n) is 8.51. The lowest BCUT2D eigenvalue weighted by molar-refractivity contribution is -0.713. The van der Waals surface area contributed by atoms with Crippen LogP contribution in [-0.4, -0.2) is 67.8 Å². The average Bonchev–Trinajstić information content (AvgIpc) is 3.13. The number of ether oxygens (including phenoxy) is 3. The number of hydrogen-bond donors (Lipinski definition) is 2. The number of amidine groups is 1. The fourth-order valence-corrected chi connectivity index (χ4v) is 4.35. The monoisotopic (exact) mass is 455 g/mol. The molecule has 1 aromatic rings. The summed E-state index contributed by atoms with van der Waals surface area (Å²) in [5, 5.41) is 11.7. The Bertz CT molecular complexity index is 1030. The molecular formula is C24H31N4O5+. The highest BCUT2D eigenvalue weighted by Gasteiger charge is 2.44. The van der Waals surface area contributed by atoms with Crippen molar-refractivity contribution in [2.24, 2.45) is 15.9 Å². The smallest absolute Gasteiger partial charge is 0.412 e. The number of aliphatic hydroxyl groups excluding tert-OH is 1. The van der Waals surface area contributed by atoms with Crippen molar-refractivity contribution in [3.8, 4) is 5.75 Å². The molecule has 2 atom stereocenters. The van der Waals surface area contributed by atoms with Gasteiger partial charge in [-0.1, -0.05) is 0 Å². The van der Waals surface area contributed by atoms with Gasteiger partial charge in [0.15, 0.2) is 5.70 Å². The molecule has 1 unspecified atom stereocenters. The van der Waals surface area contributed by atoms with Gasteiger partial charge >= 0.3 is 6.09 Å². The van der Waals surface area contributed by atoms with Gasteiger partial charge in [0.05, 0.1) is 37.8 Å². The first-order valence-electron chi connectivity index (χ1n) is 11.2. The lowest BCUT2D eigenvalue weighted by atomic mass is 9.95. The van der Waals surface area contributed by atoms with E-state index in [0.29, 0.717) is 28.3 Å². The Kier molecular flexibility index (Phi) is 6.92. The van der Waals surface area contributed by atoms with Crippen LogP contribution < -0.4 is 10.1 Å². The maximum absolute atomic E-state index is 12.2. The number of quaternary nitrogens is 1. The average molecular weight is 456 g/mol. The number of nitrogens with one attached hydrogen (secondary N) is 1. The Labute approximate surface area is 193 Å². The number of methoxy groups -OCH3 is 1. The van der Waals surface area contributed by atoms with E-state index < -0.39 is 12.2 Å². The molecule has 0 aromatic heterocycles. The molecule has 0 aliphatic carbocycles. The number of rotatable bonds is 7. The zero-order valence-electron chi connectivity index (χ0n) is 19.3. The van der Waals surface area contributed by atoms with Gasteiger partial charge in [0, 0.05) is 32.2 Å². The van der Waals surface area contributed by atoms with Crippen molar-refractivity contribution in [1.29, 1.82) is 0 Å². The van der Waals surface area contributed by atoms with E-state index in [1.807, 2.05) is 24.5 Å². The summed E-state index contributed by atoms with van der Waals surface area (Å²) < 4.78 is 16.8. The summed E-state index contributed by atoms with van der Waals surface area (Å²) in [7, 11) is 3.65. The minimum absolute atomic E-state index is 0.0450. The van der Waals surface area contributed by atoms with E-state index in [-0.39, 0.29) is 6.61 Å². The summed E-state index contributed by atoms with van der Waals surface area (Å²) in [6.07, 6.45) is 6.99. The Morgan fingerprint density at radius 2 is 2.15 bits per heavy atom. The summed E-state index contributed by atoms with van der Waals surface area (Å²) in [6.45, 7) is 3.17. The van der Waals surface area contributed by atoms with Crippen LogP contribution >= 0.6 is 0 Å². The zero-order valence-corrected chi connectivity index (χ0v) is 19.3. The SMILES string of the molecule is COc1cc(C2=NC(C3CCOCC3)=C3C=NC=C[N+]23C)ccc1NC(=O)O[C@@H](C)CCO. The molecule has 1 aromatic carbocycles. The van der Waals surface area contributed by atoms with Crippen molar-refractivity contribution in [3.05, 3.63) is 47.6 Å². The third kappa shape index (κ3) is 4.71. The molecule has 0 saturated carbocycles. The maximum Gasteiger partial charge on any atom is 0.412 e. The molecule has 1 saturated heterocycles. The summed E-state index contributed by atoms with van der Waals surface area (Å²) in [5.41, 5.74) is 3.52. The van der Waals surface area contributed by atoms with E-state index in [4.69, 9.17) is 24.3 Å². The van der Waals surface area contributed by atoms with E-state index in [1.54, 1.807) is 26.3 Å². The van der Waals surface area contributed by atoms with Gasteiger partial charge in [0.2, 0.25) is 5.84 Å². The van der Waals surface area contributed by atoms with Crippen molar-refractivity contribution < 1.29 is 28.6 Å². The third-order valence-electron chi connectivity index (χ3n) is 6.23. The fourth-order valence-electron chi connectivity index (χ4n) is 4.35. The number of fused-ring (bicyclic) bond motifs is 1. The Balaban J connectivity index is 1.61. The molecular weight excluding hydrogens is 424 g/mol. The Morgan fingerprint density at radius 1 is 1.36 bits per heavy atom. The summed E-state index contributed by atoms with van der Waals surface area (Å²) in [4.78, 5) is 21.7. The molecule has 0 radical (unpaired) electrons. The summed E-state index contributed by atoms with van der Waals surface area (Å²) >= 11 is 0. The van der Waals surface area contributed by atoms with Crippen LogP contribution in [0, 0.1) is 5.92 Å². The van der Waals surface area contributed by atoms with Crippen LogP contribution in [0.15, 0.2) is 52.0 Å². The predicted molar refractivity (Wildman–Crippen MR) is 125 cm³/mol. The second-order valence-corrected chi connectivity index (χ2v) is 8.51. The quantitative estimate of drug-likeness (QED) is 0.614. The maximum atomic E-state index is 12.2. The first-order valence-corrected chi connectivity index (χ1v) is 11.2. The number of carbonyl (C=O) groups excluding carboxylic acids is 1. The molecule has 1 fully saturated rings. The van der Waals surface area contributed by atoms with Gasteiger partial charge in [-0.15, -0.1) is 0 Å². The topological polar surface area (TPSA) is 102 Å². The first-order chi connectivity index (χ1) is 16.0. The minimum atomic E-state index is -0.597. The van der Waals surface area contributed by atoms with E-state index in [1.165, 1.54) is 0 Å². The molecule has 3 aliphatic heterocycles. The van der Waals surface area contributed by atoms with Crippen LogP contribution in [-0.2, 0) is 9.47 Å². The highest BCUT2D eigenvalue weighted by Crippen LogP contribution is 2.39. The number of amides is 1. The number of nitrogens with zero attached hydrogens (tertiary/aromatic N) is 3. The summed E-state index contributed by atoms with van der Waals surface area (Å²) in [5.74, 6) is 1.71. The van der Waals surface area contributed by atoms with Gasteiger partial charge in [-0.05, 0) is 38.0 Å². The van der Waals surface area contributed by atoms with E-state index >= 15 is 0 Å². The van der Waals surface area contributed by atoms with Crippen LogP contribution in [0.2, 0.25) is 0 Å². The number of aliphatic hydroxyl groups is 1. The van der Waals surface area contributed by atoms with Gasteiger partial charge in [0.1, 0.15) is 23.8 Å². The number of aliphatic imine (C=N–C) groups is 2. The van der Waals surface area contributed by atoms with Gasteiger partial charge in [-0.25, -0.2) is 9.28 Å². The van der Waals surface area contributed by atoms with Crippen LogP contribution in [0.25, 0.3) is 0 Å².